The second-order valence-corrected chi connectivity index (χ2v) is 6.84. The van der Waals surface area contributed by atoms with E-state index < -0.39 is 0 Å². The van der Waals surface area contributed by atoms with E-state index in [1.54, 1.807) is 10.9 Å². The van der Waals surface area contributed by atoms with Crippen LogP contribution in [0.1, 0.15) is 38.3 Å². The van der Waals surface area contributed by atoms with Gasteiger partial charge in [0.25, 0.3) is 0 Å². The highest BCUT2D eigenvalue weighted by Gasteiger charge is 2.20. The molecule has 0 bridgehead atoms. The Hall–Kier alpha value is -2.05. The summed E-state index contributed by atoms with van der Waals surface area (Å²) in [6.45, 7) is 5.40. The van der Waals surface area contributed by atoms with Crippen LogP contribution in [0.15, 0.2) is 30.5 Å². The molecule has 134 valence electrons. The number of anilines is 1. The van der Waals surface area contributed by atoms with Crippen LogP contribution in [0.5, 0.6) is 0 Å². The maximum atomic E-state index is 12.2. The first kappa shape index (κ1) is 17.8. The Balaban J connectivity index is 1.75. The molecule has 0 saturated carbocycles. The van der Waals surface area contributed by atoms with Crippen molar-refractivity contribution < 1.29 is 9.53 Å². The maximum Gasteiger partial charge on any atom is 0.319 e. The molecule has 0 aliphatic carbocycles. The zero-order valence-corrected chi connectivity index (χ0v) is 15.2. The van der Waals surface area contributed by atoms with Crippen LogP contribution in [0.25, 0.3) is 5.69 Å². The van der Waals surface area contributed by atoms with E-state index in [1.165, 1.54) is 0 Å². The lowest BCUT2D eigenvalue weighted by Gasteiger charge is -2.15. The molecular formula is C18H23ClN4O2. The van der Waals surface area contributed by atoms with Crippen molar-refractivity contribution in [2.24, 2.45) is 0 Å². The van der Waals surface area contributed by atoms with Gasteiger partial charge in [0.1, 0.15) is 0 Å². The van der Waals surface area contributed by atoms with E-state index >= 15 is 0 Å². The lowest BCUT2D eigenvalue weighted by Crippen LogP contribution is -2.35. The Morgan fingerprint density at radius 3 is 2.92 bits per heavy atom. The topological polar surface area (TPSA) is 68.2 Å². The lowest BCUT2D eigenvalue weighted by molar-refractivity contribution is 0.112. The van der Waals surface area contributed by atoms with E-state index in [9.17, 15) is 4.79 Å². The number of ether oxygens (including phenoxy) is 1. The zero-order chi connectivity index (χ0) is 17.8. The number of para-hydroxylation sites is 1. The predicted molar refractivity (Wildman–Crippen MR) is 98.7 cm³/mol. The largest absolute Gasteiger partial charge is 0.376 e. The van der Waals surface area contributed by atoms with Crippen LogP contribution >= 0.6 is 11.6 Å². The Kier molecular flexibility index (Phi) is 5.60. The second kappa shape index (κ2) is 7.89. The summed E-state index contributed by atoms with van der Waals surface area (Å²) < 4.78 is 7.30. The number of carbonyl (C=O) groups is 1. The number of benzene rings is 1. The number of rotatable bonds is 5. The van der Waals surface area contributed by atoms with Gasteiger partial charge in [0, 0.05) is 13.2 Å². The van der Waals surface area contributed by atoms with Crippen LogP contribution in [-0.2, 0) is 4.74 Å². The molecule has 0 unspecified atom stereocenters. The minimum Gasteiger partial charge on any atom is -0.376 e. The molecule has 6 nitrogen and oxygen atoms in total. The summed E-state index contributed by atoms with van der Waals surface area (Å²) in [5.41, 5.74) is 2.38. The lowest BCUT2D eigenvalue weighted by atomic mass is 10.1. The standard InChI is InChI=1S/C18H23ClN4O2/c1-12(2)17-15(22-18(24)20-10-13-6-5-9-25-13)11-21-23(17)16-8-4-3-7-14(16)19/h3-4,7-8,11-13H,5-6,9-10H2,1-2H3,(H2,20,22,24)/t13-/m1/s1. The fourth-order valence-corrected chi connectivity index (χ4v) is 3.22. The molecule has 2 aromatic rings. The van der Waals surface area contributed by atoms with Crippen molar-refractivity contribution in [1.82, 2.24) is 15.1 Å². The van der Waals surface area contributed by atoms with Crippen LogP contribution in [0, 0.1) is 0 Å². The number of aromatic nitrogens is 2. The van der Waals surface area contributed by atoms with Gasteiger partial charge in [-0.1, -0.05) is 37.6 Å². The van der Waals surface area contributed by atoms with Crippen molar-refractivity contribution in [1.29, 1.82) is 0 Å². The van der Waals surface area contributed by atoms with Crippen molar-refractivity contribution >= 4 is 23.3 Å². The summed E-state index contributed by atoms with van der Waals surface area (Å²) >= 11 is 6.30. The van der Waals surface area contributed by atoms with E-state index in [-0.39, 0.29) is 18.1 Å². The first-order chi connectivity index (χ1) is 12.1. The molecule has 1 aromatic carbocycles. The number of amides is 2. The van der Waals surface area contributed by atoms with Gasteiger partial charge in [-0.2, -0.15) is 5.10 Å². The van der Waals surface area contributed by atoms with E-state index in [4.69, 9.17) is 16.3 Å². The highest BCUT2D eigenvalue weighted by atomic mass is 35.5. The van der Waals surface area contributed by atoms with Gasteiger partial charge in [0.2, 0.25) is 0 Å². The summed E-state index contributed by atoms with van der Waals surface area (Å²) in [5, 5.41) is 10.8. The first-order valence-corrected chi connectivity index (χ1v) is 8.93. The third kappa shape index (κ3) is 4.14. The fraction of sp³-hybridized carbons (Fsp3) is 0.444. The van der Waals surface area contributed by atoms with Crippen molar-refractivity contribution in [2.75, 3.05) is 18.5 Å². The van der Waals surface area contributed by atoms with Crippen LogP contribution in [0.3, 0.4) is 0 Å². The molecule has 0 spiro atoms. The molecule has 0 radical (unpaired) electrons. The maximum absolute atomic E-state index is 12.2. The van der Waals surface area contributed by atoms with Gasteiger partial charge in [-0.15, -0.1) is 0 Å². The number of hydrogen-bond acceptors (Lipinski definition) is 3. The zero-order valence-electron chi connectivity index (χ0n) is 14.5. The summed E-state index contributed by atoms with van der Waals surface area (Å²) in [7, 11) is 0. The molecule has 1 saturated heterocycles. The van der Waals surface area contributed by atoms with Gasteiger partial charge in [-0.25, -0.2) is 9.48 Å². The summed E-state index contributed by atoms with van der Waals surface area (Å²) in [6, 6.07) is 7.26. The Morgan fingerprint density at radius 1 is 1.44 bits per heavy atom. The normalized spacial score (nSPS) is 17.0. The predicted octanol–water partition coefficient (Wildman–Crippen LogP) is 3.95. The Morgan fingerprint density at radius 2 is 2.24 bits per heavy atom. The smallest absolute Gasteiger partial charge is 0.319 e. The van der Waals surface area contributed by atoms with Crippen LogP contribution in [-0.4, -0.2) is 35.1 Å². The highest BCUT2D eigenvalue weighted by Crippen LogP contribution is 2.29. The van der Waals surface area contributed by atoms with Crippen molar-refractivity contribution in [2.45, 2.75) is 38.7 Å². The molecule has 3 rings (SSSR count). The molecule has 1 aliphatic rings. The Labute approximate surface area is 152 Å². The van der Waals surface area contributed by atoms with Gasteiger partial charge in [0.15, 0.2) is 0 Å². The number of halogens is 1. The van der Waals surface area contributed by atoms with Crippen molar-refractivity contribution in [3.05, 3.63) is 41.2 Å². The fourth-order valence-electron chi connectivity index (χ4n) is 3.00. The molecule has 2 heterocycles. The summed E-state index contributed by atoms with van der Waals surface area (Å²) in [4.78, 5) is 12.2. The third-order valence-electron chi connectivity index (χ3n) is 4.20. The summed E-state index contributed by atoms with van der Waals surface area (Å²) in [6.07, 6.45) is 3.81. The molecule has 2 N–H and O–H groups in total. The third-order valence-corrected chi connectivity index (χ3v) is 4.52. The molecule has 1 aromatic heterocycles. The molecule has 7 heteroatoms. The quantitative estimate of drug-likeness (QED) is 0.846. The molecule has 1 atom stereocenters. The summed E-state index contributed by atoms with van der Waals surface area (Å²) in [5.74, 6) is 0.159. The van der Waals surface area contributed by atoms with E-state index in [1.807, 2.05) is 24.3 Å². The minimum atomic E-state index is -0.254. The van der Waals surface area contributed by atoms with Gasteiger partial charge < -0.3 is 15.4 Å². The number of nitrogens with zero attached hydrogens (tertiary/aromatic N) is 2. The van der Waals surface area contributed by atoms with Gasteiger partial charge in [-0.05, 0) is 30.9 Å². The van der Waals surface area contributed by atoms with Crippen LogP contribution in [0.2, 0.25) is 5.02 Å². The monoisotopic (exact) mass is 362 g/mol. The number of nitrogens with one attached hydrogen (secondary N) is 2. The van der Waals surface area contributed by atoms with Crippen molar-refractivity contribution in [3.8, 4) is 5.69 Å². The van der Waals surface area contributed by atoms with E-state index in [0.29, 0.717) is 17.3 Å². The molecule has 2 amide bonds. The molecular weight excluding hydrogens is 340 g/mol. The van der Waals surface area contributed by atoms with E-state index in [0.717, 1.165) is 30.8 Å². The number of urea groups is 1. The second-order valence-electron chi connectivity index (χ2n) is 6.43. The van der Waals surface area contributed by atoms with Crippen LogP contribution in [0.4, 0.5) is 10.5 Å². The minimum absolute atomic E-state index is 0.112. The van der Waals surface area contributed by atoms with Gasteiger partial charge >= 0.3 is 6.03 Å². The van der Waals surface area contributed by atoms with Gasteiger partial charge in [-0.3, -0.25) is 0 Å². The number of hydrogen-bond donors (Lipinski definition) is 2. The van der Waals surface area contributed by atoms with Crippen molar-refractivity contribution in [3.63, 3.8) is 0 Å². The Bertz CT molecular complexity index is 738. The van der Waals surface area contributed by atoms with E-state index in [2.05, 4.69) is 29.6 Å². The average Bonchev–Trinajstić information content (AvgIpc) is 3.23. The highest BCUT2D eigenvalue weighted by molar-refractivity contribution is 6.32. The first-order valence-electron chi connectivity index (χ1n) is 8.55. The molecule has 1 fully saturated rings. The SMILES string of the molecule is CC(C)c1c(NC(=O)NC[C@H]2CCCO2)cnn1-c1ccccc1Cl. The molecule has 1 aliphatic heterocycles. The molecule has 25 heavy (non-hydrogen) atoms. The van der Waals surface area contributed by atoms with Crippen LogP contribution < -0.4 is 10.6 Å². The van der Waals surface area contributed by atoms with Gasteiger partial charge in [0.05, 0.1) is 34.4 Å². The number of carbonyl (C=O) groups excluding carboxylic acids is 1. The average molecular weight is 363 g/mol.